The molecule has 1 aliphatic heterocycles. The Kier molecular flexibility index (Phi) is 7.17. The largest absolute Gasteiger partial charge is 0.443 e. The summed E-state index contributed by atoms with van der Waals surface area (Å²) in [4.78, 5) is 36.1. The maximum Gasteiger partial charge on any atom is 0.428 e. The number of hydrogen-bond acceptors (Lipinski definition) is 8. The van der Waals surface area contributed by atoms with Gasteiger partial charge in [0.2, 0.25) is 6.41 Å². The molecule has 3 heterocycles. The van der Waals surface area contributed by atoms with Gasteiger partial charge in [-0.1, -0.05) is 11.6 Å². The van der Waals surface area contributed by atoms with Crippen LogP contribution in [-0.4, -0.2) is 63.4 Å². The molecule has 3 rings (SSSR count). The lowest BCUT2D eigenvalue weighted by atomic mass is 10.2. The van der Waals surface area contributed by atoms with Crippen LogP contribution >= 0.6 is 22.9 Å². The van der Waals surface area contributed by atoms with E-state index in [0.29, 0.717) is 23.9 Å². The third-order valence-electron chi connectivity index (χ3n) is 4.58. The van der Waals surface area contributed by atoms with Gasteiger partial charge in [-0.25, -0.2) is 19.0 Å². The monoisotopic (exact) mass is 485 g/mol. The van der Waals surface area contributed by atoms with Gasteiger partial charge in [0.15, 0.2) is 16.8 Å². The fourth-order valence-corrected chi connectivity index (χ4v) is 5.05. The van der Waals surface area contributed by atoms with Gasteiger partial charge in [0.25, 0.3) is 0 Å². The number of hydrogen-bond donors (Lipinski definition) is 0. The van der Waals surface area contributed by atoms with Gasteiger partial charge in [-0.05, 0) is 33.3 Å². The summed E-state index contributed by atoms with van der Waals surface area (Å²) in [6, 6.07) is 1.60. The zero-order chi connectivity index (χ0) is 22.8. The minimum atomic E-state index is -1.97. The average molecular weight is 486 g/mol. The number of thiazole rings is 1. The van der Waals surface area contributed by atoms with E-state index >= 15 is 0 Å². The molecule has 2 atom stereocenters. The maximum absolute atomic E-state index is 13.3. The Bertz CT molecular complexity index is 967. The second-order valence-electron chi connectivity index (χ2n) is 8.00. The van der Waals surface area contributed by atoms with Crippen LogP contribution in [0.25, 0.3) is 0 Å². The molecule has 1 aliphatic rings. The van der Waals surface area contributed by atoms with Crippen LogP contribution in [0.4, 0.5) is 16.4 Å². The summed E-state index contributed by atoms with van der Waals surface area (Å²) < 4.78 is 19.7. The minimum Gasteiger partial charge on any atom is -0.443 e. The van der Waals surface area contributed by atoms with Crippen molar-refractivity contribution < 1.29 is 18.5 Å². The van der Waals surface area contributed by atoms with Crippen LogP contribution in [0, 0.1) is 0 Å². The van der Waals surface area contributed by atoms with Gasteiger partial charge in [-0.3, -0.25) is 4.79 Å². The van der Waals surface area contributed by atoms with Gasteiger partial charge in [0.1, 0.15) is 11.4 Å². The smallest absolute Gasteiger partial charge is 0.428 e. The summed E-state index contributed by atoms with van der Waals surface area (Å²) in [5, 5.41) is 1.90. The number of pyridine rings is 1. The first kappa shape index (κ1) is 23.4. The van der Waals surface area contributed by atoms with E-state index in [0.717, 1.165) is 17.1 Å². The highest BCUT2D eigenvalue weighted by Gasteiger charge is 2.32. The molecule has 2 unspecified atom stereocenters. The first-order chi connectivity index (χ1) is 14.6. The van der Waals surface area contributed by atoms with Crippen LogP contribution in [0.15, 0.2) is 28.0 Å². The SMILES string of the molecule is CN(c1ncc(S(=O)N(C(=O)OC(C)(C)C)c2cscn2)cc1Cl)C1CCN(C=O)C1. The highest BCUT2D eigenvalue weighted by atomic mass is 35.5. The van der Waals surface area contributed by atoms with Crippen LogP contribution < -0.4 is 9.21 Å². The van der Waals surface area contributed by atoms with Crippen molar-refractivity contribution in [2.45, 2.75) is 43.7 Å². The highest BCUT2D eigenvalue weighted by molar-refractivity contribution is 7.87. The Morgan fingerprint density at radius 3 is 2.71 bits per heavy atom. The Hall–Kier alpha value is -2.24. The van der Waals surface area contributed by atoms with Crippen molar-refractivity contribution in [3.63, 3.8) is 0 Å². The van der Waals surface area contributed by atoms with Crippen LogP contribution in [0.2, 0.25) is 5.02 Å². The molecule has 2 amide bonds. The molecule has 2 aromatic heterocycles. The highest BCUT2D eigenvalue weighted by Crippen LogP contribution is 2.30. The first-order valence-electron chi connectivity index (χ1n) is 9.51. The topological polar surface area (TPSA) is 95.9 Å². The number of halogens is 1. The Morgan fingerprint density at radius 1 is 1.42 bits per heavy atom. The predicted molar refractivity (Wildman–Crippen MR) is 121 cm³/mol. The molecule has 0 aliphatic carbocycles. The summed E-state index contributed by atoms with van der Waals surface area (Å²) in [5.41, 5.74) is 0.770. The second-order valence-corrected chi connectivity index (χ2v) is 10.5. The normalized spacial score (nSPS) is 17.3. The fourth-order valence-electron chi connectivity index (χ4n) is 3.08. The Balaban J connectivity index is 1.85. The third-order valence-corrected chi connectivity index (χ3v) is 6.72. The molecule has 0 spiro atoms. The van der Waals surface area contributed by atoms with E-state index in [1.807, 2.05) is 11.9 Å². The van der Waals surface area contributed by atoms with Crippen LogP contribution in [-0.2, 0) is 20.5 Å². The number of rotatable bonds is 6. The summed E-state index contributed by atoms with van der Waals surface area (Å²) in [6.45, 7) is 6.44. The second kappa shape index (κ2) is 9.49. The van der Waals surface area contributed by atoms with Crippen LogP contribution in [0.5, 0.6) is 0 Å². The Labute approximate surface area is 192 Å². The molecule has 168 valence electrons. The van der Waals surface area contributed by atoms with E-state index in [1.54, 1.807) is 31.1 Å². The molecule has 0 N–H and O–H groups in total. The lowest BCUT2D eigenvalue weighted by Gasteiger charge is -2.27. The van der Waals surface area contributed by atoms with Crippen LogP contribution in [0.3, 0.4) is 0 Å². The van der Waals surface area contributed by atoms with Crippen LogP contribution in [0.1, 0.15) is 27.2 Å². The predicted octanol–water partition coefficient (Wildman–Crippen LogP) is 3.32. The lowest BCUT2D eigenvalue weighted by Crippen LogP contribution is -2.38. The molecular formula is C19H24ClN5O4S2. The van der Waals surface area contributed by atoms with Crippen molar-refractivity contribution in [2.75, 3.05) is 29.3 Å². The molecule has 9 nitrogen and oxygen atoms in total. The molecule has 1 fully saturated rings. The number of likely N-dealkylation sites (N-methyl/N-ethyl adjacent to an activating group) is 1. The van der Waals surface area contributed by atoms with E-state index in [4.69, 9.17) is 16.3 Å². The van der Waals surface area contributed by atoms with Crippen molar-refractivity contribution >= 4 is 58.1 Å². The van der Waals surface area contributed by atoms with Crippen molar-refractivity contribution in [3.8, 4) is 0 Å². The number of likely N-dealkylation sites (tertiary alicyclic amines) is 1. The van der Waals surface area contributed by atoms with Crippen molar-refractivity contribution in [2.24, 2.45) is 0 Å². The zero-order valence-electron chi connectivity index (χ0n) is 17.6. The minimum absolute atomic E-state index is 0.0832. The van der Waals surface area contributed by atoms with Gasteiger partial charge < -0.3 is 14.5 Å². The van der Waals surface area contributed by atoms with Gasteiger partial charge in [0, 0.05) is 37.8 Å². The standard InChI is InChI=1S/C19H24ClN5O4S2/c1-19(2,3)29-18(27)25(16-10-30-11-22-16)31(28)14-7-15(20)17(21-8-14)23(4)13-5-6-24(9-13)12-26/h7-8,10-13H,5-6,9H2,1-4H3. The lowest BCUT2D eigenvalue weighted by molar-refractivity contribution is -0.117. The van der Waals surface area contributed by atoms with Gasteiger partial charge in [-0.15, -0.1) is 11.3 Å². The van der Waals surface area contributed by atoms with Gasteiger partial charge in [-0.2, -0.15) is 4.31 Å². The van der Waals surface area contributed by atoms with Crippen molar-refractivity contribution in [1.29, 1.82) is 0 Å². The summed E-state index contributed by atoms with van der Waals surface area (Å²) >= 11 is 7.73. The van der Waals surface area contributed by atoms with E-state index in [1.165, 1.54) is 29.1 Å². The molecule has 12 heteroatoms. The van der Waals surface area contributed by atoms with Crippen molar-refractivity contribution in [1.82, 2.24) is 14.9 Å². The summed E-state index contributed by atoms with van der Waals surface area (Å²) in [7, 11) is -0.120. The zero-order valence-corrected chi connectivity index (χ0v) is 20.0. The molecule has 1 saturated heterocycles. The molecular weight excluding hydrogens is 462 g/mol. The van der Waals surface area contributed by atoms with E-state index in [2.05, 4.69) is 9.97 Å². The fraction of sp³-hybridized carbons (Fsp3) is 0.474. The number of carbonyl (C=O) groups is 2. The molecule has 31 heavy (non-hydrogen) atoms. The number of amides is 2. The average Bonchev–Trinajstić information content (AvgIpc) is 3.38. The van der Waals surface area contributed by atoms with Crippen molar-refractivity contribution in [3.05, 3.63) is 28.2 Å². The van der Waals surface area contributed by atoms with Gasteiger partial charge >= 0.3 is 6.09 Å². The van der Waals surface area contributed by atoms with E-state index in [-0.39, 0.29) is 16.8 Å². The number of ether oxygens (including phenoxy) is 1. The summed E-state index contributed by atoms with van der Waals surface area (Å²) in [6.07, 6.45) is 2.27. The number of nitrogens with zero attached hydrogens (tertiary/aromatic N) is 5. The summed E-state index contributed by atoms with van der Waals surface area (Å²) in [5.74, 6) is 0.729. The van der Waals surface area contributed by atoms with E-state index < -0.39 is 22.7 Å². The molecule has 0 bridgehead atoms. The quantitative estimate of drug-likeness (QED) is 0.579. The molecule has 2 aromatic rings. The Morgan fingerprint density at radius 2 is 2.16 bits per heavy atom. The number of aromatic nitrogens is 2. The molecule has 0 saturated carbocycles. The van der Waals surface area contributed by atoms with Gasteiger partial charge in [0.05, 0.1) is 15.4 Å². The number of anilines is 2. The molecule has 0 radical (unpaired) electrons. The third kappa shape index (κ3) is 5.52. The number of carbonyl (C=O) groups excluding carboxylic acids is 2. The first-order valence-corrected chi connectivity index (χ1v) is 11.9. The van der Waals surface area contributed by atoms with E-state index in [9.17, 15) is 13.8 Å². The molecule has 0 aromatic carbocycles. The maximum atomic E-state index is 13.3.